The van der Waals surface area contributed by atoms with E-state index in [1.807, 2.05) is 0 Å². The third-order valence-electron chi connectivity index (χ3n) is 3.50. The smallest absolute Gasteiger partial charge is 0.267 e. The van der Waals surface area contributed by atoms with Crippen LogP contribution in [0.3, 0.4) is 0 Å². The van der Waals surface area contributed by atoms with Crippen LogP contribution >= 0.6 is 0 Å². The monoisotopic (exact) mass is 278 g/mol. The molecule has 2 N–H and O–H groups in total. The molecule has 0 spiro atoms. The molecule has 2 aliphatic heterocycles. The third-order valence-corrected chi connectivity index (χ3v) is 3.50. The number of carbonyl (C=O) groups excluding carboxylic acids is 2. The second-order valence-electron chi connectivity index (χ2n) is 4.96. The molecule has 20 heavy (non-hydrogen) atoms. The lowest BCUT2D eigenvalue weighted by Crippen LogP contribution is -2.36. The Morgan fingerprint density at radius 3 is 1.35 bits per heavy atom. The average Bonchev–Trinajstić information content (AvgIpc) is 2.86. The Bertz CT molecular complexity index is 458. The van der Waals surface area contributed by atoms with Gasteiger partial charge in [0.25, 0.3) is 11.8 Å². The number of likely N-dealkylation sites (tertiary alicyclic amines) is 2. The number of hydrogen-bond donors (Lipinski definition) is 2. The predicted octanol–water partition coefficient (Wildman–Crippen LogP) is -1.57. The molecule has 0 aliphatic carbocycles. The standard InChI is InChI=1S/2C7H9NO2/c2*1-3-7(10)4-5-8(2)6(7)9/h2*1,10H,4-5H2,2H3/t7-;/m1./s1. The summed E-state index contributed by atoms with van der Waals surface area (Å²) in [5.74, 6) is 3.44. The van der Waals surface area contributed by atoms with Crippen molar-refractivity contribution in [1.29, 1.82) is 0 Å². The molecule has 0 aromatic rings. The van der Waals surface area contributed by atoms with Gasteiger partial charge >= 0.3 is 0 Å². The predicted molar refractivity (Wildman–Crippen MR) is 72.1 cm³/mol. The highest BCUT2D eigenvalue weighted by molar-refractivity contribution is 5.90. The maximum atomic E-state index is 11.0. The molecule has 2 fully saturated rings. The Balaban J connectivity index is 0.000000200. The summed E-state index contributed by atoms with van der Waals surface area (Å²) in [4.78, 5) is 24.8. The van der Waals surface area contributed by atoms with Gasteiger partial charge in [0.2, 0.25) is 11.2 Å². The lowest BCUT2D eigenvalue weighted by molar-refractivity contribution is -0.138. The molecule has 0 aromatic heterocycles. The van der Waals surface area contributed by atoms with Crippen LogP contribution in [0.1, 0.15) is 12.8 Å². The fourth-order valence-electron chi connectivity index (χ4n) is 1.98. The molecule has 2 heterocycles. The topological polar surface area (TPSA) is 81.1 Å². The van der Waals surface area contributed by atoms with Gasteiger partial charge in [0.05, 0.1) is 0 Å². The second kappa shape index (κ2) is 5.54. The van der Waals surface area contributed by atoms with E-state index in [1.54, 1.807) is 14.1 Å². The van der Waals surface area contributed by atoms with E-state index in [2.05, 4.69) is 11.8 Å². The number of likely N-dealkylation sites (N-methyl/N-ethyl adjacent to an activating group) is 2. The molecule has 2 amide bonds. The van der Waals surface area contributed by atoms with Gasteiger partial charge in [-0.25, -0.2) is 0 Å². The Kier molecular flexibility index (Phi) is 4.44. The molecule has 1 unspecified atom stereocenters. The van der Waals surface area contributed by atoms with Gasteiger partial charge in [0, 0.05) is 40.0 Å². The zero-order valence-electron chi connectivity index (χ0n) is 11.6. The fourth-order valence-corrected chi connectivity index (χ4v) is 1.98. The van der Waals surface area contributed by atoms with Gasteiger partial charge in [-0.1, -0.05) is 11.8 Å². The summed E-state index contributed by atoms with van der Waals surface area (Å²) in [7, 11) is 3.25. The van der Waals surface area contributed by atoms with Crippen molar-refractivity contribution in [1.82, 2.24) is 9.80 Å². The number of amides is 2. The molecule has 0 bridgehead atoms. The summed E-state index contributed by atoms with van der Waals surface area (Å²) < 4.78 is 0. The molecular weight excluding hydrogens is 260 g/mol. The minimum absolute atomic E-state index is 0.346. The van der Waals surface area contributed by atoms with Crippen molar-refractivity contribution in [3.8, 4) is 24.7 Å². The second-order valence-corrected chi connectivity index (χ2v) is 4.96. The highest BCUT2D eigenvalue weighted by Crippen LogP contribution is 2.20. The van der Waals surface area contributed by atoms with E-state index in [0.717, 1.165) is 0 Å². The molecule has 6 heteroatoms. The molecule has 108 valence electrons. The van der Waals surface area contributed by atoms with Crippen molar-refractivity contribution in [3.63, 3.8) is 0 Å². The summed E-state index contributed by atoms with van der Waals surface area (Å²) >= 11 is 0. The van der Waals surface area contributed by atoms with E-state index in [4.69, 9.17) is 12.8 Å². The maximum absolute atomic E-state index is 11.0. The third kappa shape index (κ3) is 2.77. The molecule has 2 atom stereocenters. The van der Waals surface area contributed by atoms with Crippen molar-refractivity contribution in [2.45, 2.75) is 24.0 Å². The summed E-state index contributed by atoms with van der Waals surface area (Å²) in [5.41, 5.74) is -3.04. The van der Waals surface area contributed by atoms with Crippen LogP contribution in [0.5, 0.6) is 0 Å². The molecular formula is C14H18N2O4. The summed E-state index contributed by atoms with van der Waals surface area (Å²) in [5, 5.41) is 18.6. The molecule has 2 rings (SSSR count). The van der Waals surface area contributed by atoms with Gasteiger partial charge in [0.15, 0.2) is 0 Å². The Morgan fingerprint density at radius 2 is 1.25 bits per heavy atom. The minimum Gasteiger partial charge on any atom is -0.369 e. The minimum atomic E-state index is -1.52. The number of nitrogens with zero attached hydrogens (tertiary/aromatic N) is 2. The van der Waals surface area contributed by atoms with Gasteiger partial charge in [0.1, 0.15) is 0 Å². The first-order valence-electron chi connectivity index (χ1n) is 6.11. The van der Waals surface area contributed by atoms with Crippen molar-refractivity contribution in [3.05, 3.63) is 0 Å². The molecule has 6 nitrogen and oxygen atoms in total. The van der Waals surface area contributed by atoms with Crippen LogP contribution in [0, 0.1) is 24.7 Å². The maximum Gasteiger partial charge on any atom is 0.267 e. The van der Waals surface area contributed by atoms with Crippen LogP contribution in [0.25, 0.3) is 0 Å². The molecule has 0 aromatic carbocycles. The van der Waals surface area contributed by atoms with Crippen LogP contribution in [0.15, 0.2) is 0 Å². The molecule has 0 saturated carbocycles. The number of rotatable bonds is 0. The summed E-state index contributed by atoms with van der Waals surface area (Å²) in [6.07, 6.45) is 10.6. The van der Waals surface area contributed by atoms with E-state index in [-0.39, 0.29) is 11.8 Å². The van der Waals surface area contributed by atoms with Crippen LogP contribution in [-0.4, -0.2) is 70.2 Å². The van der Waals surface area contributed by atoms with E-state index in [1.165, 1.54) is 9.80 Å². The van der Waals surface area contributed by atoms with E-state index in [9.17, 15) is 19.8 Å². The van der Waals surface area contributed by atoms with Crippen LogP contribution in [0.2, 0.25) is 0 Å². The van der Waals surface area contributed by atoms with Crippen LogP contribution in [0.4, 0.5) is 0 Å². The number of terminal acetylenes is 2. The van der Waals surface area contributed by atoms with Gasteiger partial charge < -0.3 is 20.0 Å². The van der Waals surface area contributed by atoms with Crippen LogP contribution in [-0.2, 0) is 9.59 Å². The van der Waals surface area contributed by atoms with Crippen molar-refractivity contribution in [2.75, 3.05) is 27.2 Å². The van der Waals surface area contributed by atoms with Crippen molar-refractivity contribution in [2.24, 2.45) is 0 Å². The van der Waals surface area contributed by atoms with Gasteiger partial charge in [-0.05, 0) is 0 Å². The zero-order chi connectivity index (χ0) is 15.6. The highest BCUT2D eigenvalue weighted by Gasteiger charge is 2.42. The van der Waals surface area contributed by atoms with E-state index >= 15 is 0 Å². The first kappa shape index (κ1) is 16.0. The van der Waals surface area contributed by atoms with Crippen molar-refractivity contribution >= 4 is 11.8 Å². The lowest BCUT2D eigenvalue weighted by Gasteiger charge is -2.12. The Hall–Kier alpha value is -2.02. The Labute approximate surface area is 118 Å². The number of aliphatic hydroxyl groups is 2. The first-order valence-corrected chi connectivity index (χ1v) is 6.11. The quantitative estimate of drug-likeness (QED) is 0.524. The van der Waals surface area contributed by atoms with Gasteiger partial charge in [-0.15, -0.1) is 12.8 Å². The van der Waals surface area contributed by atoms with Crippen LogP contribution < -0.4 is 0 Å². The zero-order valence-corrected chi connectivity index (χ0v) is 11.6. The van der Waals surface area contributed by atoms with Gasteiger partial charge in [-0.3, -0.25) is 9.59 Å². The highest BCUT2D eigenvalue weighted by atomic mass is 16.3. The molecule has 2 aliphatic rings. The summed E-state index contributed by atoms with van der Waals surface area (Å²) in [6, 6.07) is 0. The van der Waals surface area contributed by atoms with Crippen molar-refractivity contribution < 1.29 is 19.8 Å². The molecule has 2 saturated heterocycles. The average molecular weight is 278 g/mol. The van der Waals surface area contributed by atoms with E-state index < -0.39 is 11.2 Å². The molecule has 0 radical (unpaired) electrons. The first-order chi connectivity index (χ1) is 9.20. The summed E-state index contributed by atoms with van der Waals surface area (Å²) in [6.45, 7) is 1.08. The largest absolute Gasteiger partial charge is 0.369 e. The van der Waals surface area contributed by atoms with E-state index in [0.29, 0.717) is 25.9 Å². The fraction of sp³-hybridized carbons (Fsp3) is 0.571. The SMILES string of the molecule is C#CC1(O)CCN(C)C1=O.C#C[C@@]1(O)CCN(C)C1=O. The normalized spacial score (nSPS) is 32.5. The Morgan fingerprint density at radius 1 is 0.950 bits per heavy atom. The number of carbonyl (C=O) groups is 2. The lowest BCUT2D eigenvalue weighted by atomic mass is 10.1. The number of hydrogen-bond acceptors (Lipinski definition) is 4. The van der Waals surface area contributed by atoms with Gasteiger partial charge in [-0.2, -0.15) is 0 Å².